The molecule has 1 heterocycles. The van der Waals surface area contributed by atoms with Crippen LogP contribution in [0.25, 0.3) is 10.8 Å². The van der Waals surface area contributed by atoms with Crippen LogP contribution in [0.15, 0.2) is 91.1 Å². The molecule has 0 aliphatic rings. The van der Waals surface area contributed by atoms with Crippen LogP contribution in [-0.2, 0) is 22.6 Å². The fourth-order valence-corrected chi connectivity index (χ4v) is 4.65. The molecule has 6 heteroatoms. The summed E-state index contributed by atoms with van der Waals surface area (Å²) in [6, 6.07) is 28.1. The molecule has 0 radical (unpaired) electrons. The van der Waals surface area contributed by atoms with Gasteiger partial charge in [-0.3, -0.25) is 9.59 Å². The quantitative estimate of drug-likeness (QED) is 0.220. The molecule has 39 heavy (non-hydrogen) atoms. The molecule has 0 saturated carbocycles. The van der Waals surface area contributed by atoms with Crippen LogP contribution in [0.3, 0.4) is 0 Å². The van der Waals surface area contributed by atoms with E-state index in [2.05, 4.69) is 30.5 Å². The average molecular weight is 526 g/mol. The van der Waals surface area contributed by atoms with Crippen LogP contribution in [-0.4, -0.2) is 59.5 Å². The van der Waals surface area contributed by atoms with Gasteiger partial charge in [0.25, 0.3) is 5.91 Å². The summed E-state index contributed by atoms with van der Waals surface area (Å²) in [5.41, 5.74) is 2.84. The lowest BCUT2D eigenvalue weighted by Gasteiger charge is -2.28. The fourth-order valence-electron chi connectivity index (χ4n) is 4.65. The Morgan fingerprint density at radius 2 is 1.59 bits per heavy atom. The van der Waals surface area contributed by atoms with Crippen molar-refractivity contribution in [2.45, 2.75) is 33.4 Å². The Balaban J connectivity index is 1.52. The molecule has 3 aromatic carbocycles. The molecule has 0 unspecified atom stereocenters. The molecule has 4 aromatic rings. The second-order valence-electron chi connectivity index (χ2n) is 10.4. The van der Waals surface area contributed by atoms with Crippen molar-refractivity contribution in [3.8, 4) is 0 Å². The first-order chi connectivity index (χ1) is 18.9. The van der Waals surface area contributed by atoms with Gasteiger partial charge in [0.15, 0.2) is 0 Å². The second-order valence-corrected chi connectivity index (χ2v) is 10.4. The second kappa shape index (κ2) is 13.8. The van der Waals surface area contributed by atoms with E-state index in [1.807, 2.05) is 79.0 Å². The molecule has 0 aliphatic heterocycles. The first kappa shape index (κ1) is 28.1. The Hall–Kier alpha value is -3.90. The number of carbonyl (C=O) groups is 2. The van der Waals surface area contributed by atoms with Crippen molar-refractivity contribution in [1.29, 1.82) is 0 Å². The normalized spacial score (nSPS) is 11.2. The molecule has 0 aliphatic carbocycles. The lowest BCUT2D eigenvalue weighted by molar-refractivity contribution is -0.133. The molecule has 0 atom stereocenters. The predicted molar refractivity (Wildman–Crippen MR) is 157 cm³/mol. The van der Waals surface area contributed by atoms with Crippen LogP contribution in [0.1, 0.15) is 41.9 Å². The van der Waals surface area contributed by atoms with Crippen molar-refractivity contribution in [3.05, 3.63) is 108 Å². The largest absolute Gasteiger partial charge is 0.383 e. The van der Waals surface area contributed by atoms with Gasteiger partial charge in [-0.1, -0.05) is 74.5 Å². The zero-order chi connectivity index (χ0) is 27.6. The highest BCUT2D eigenvalue weighted by molar-refractivity contribution is 6.00. The Morgan fingerprint density at radius 3 is 2.33 bits per heavy atom. The van der Waals surface area contributed by atoms with Crippen LogP contribution >= 0.6 is 0 Å². The zero-order valence-electron chi connectivity index (χ0n) is 23.3. The molecule has 0 fully saturated rings. The Bertz CT molecular complexity index is 1360. The van der Waals surface area contributed by atoms with Gasteiger partial charge in [0.05, 0.1) is 13.2 Å². The average Bonchev–Trinajstić information content (AvgIpc) is 3.39. The van der Waals surface area contributed by atoms with Crippen LogP contribution in [0.4, 0.5) is 0 Å². The maximum absolute atomic E-state index is 13.7. The Kier molecular flexibility index (Phi) is 9.92. The van der Waals surface area contributed by atoms with Crippen molar-refractivity contribution in [2.24, 2.45) is 5.92 Å². The molecule has 0 N–H and O–H groups in total. The van der Waals surface area contributed by atoms with Crippen molar-refractivity contribution in [3.63, 3.8) is 0 Å². The van der Waals surface area contributed by atoms with E-state index in [-0.39, 0.29) is 18.4 Å². The molecule has 0 saturated heterocycles. The van der Waals surface area contributed by atoms with E-state index in [1.165, 1.54) is 5.56 Å². The number of aromatic nitrogens is 1. The molecule has 6 nitrogen and oxygen atoms in total. The number of rotatable bonds is 13. The van der Waals surface area contributed by atoms with Crippen molar-refractivity contribution >= 4 is 22.6 Å². The highest BCUT2D eigenvalue weighted by atomic mass is 16.5. The molecule has 0 bridgehead atoms. The minimum atomic E-state index is -0.117. The first-order valence-corrected chi connectivity index (χ1v) is 13.7. The van der Waals surface area contributed by atoms with Crippen molar-refractivity contribution < 1.29 is 14.3 Å². The standard InChI is InChI=1S/C33H39N3O3/c1-26(2)17-19-36(33(38)30-16-15-28-12-7-8-13-29(28)22-30)25-32(37)35(20-21-39-3)24-31-14-9-18-34(31)23-27-10-5-4-6-11-27/h4-16,18,22,26H,17,19-21,23-25H2,1-3H3. The number of hydrogen-bond donors (Lipinski definition) is 0. The third-order valence-electron chi connectivity index (χ3n) is 6.98. The molecular weight excluding hydrogens is 486 g/mol. The van der Waals surface area contributed by atoms with Gasteiger partial charge in [-0.05, 0) is 52.9 Å². The summed E-state index contributed by atoms with van der Waals surface area (Å²) in [6.07, 6.45) is 2.87. The molecule has 4 rings (SSSR count). The summed E-state index contributed by atoms with van der Waals surface area (Å²) in [5.74, 6) is 0.212. The minimum absolute atomic E-state index is 0.0293. The maximum Gasteiger partial charge on any atom is 0.254 e. The van der Waals surface area contributed by atoms with Gasteiger partial charge in [0.2, 0.25) is 5.91 Å². The molecule has 2 amide bonds. The predicted octanol–water partition coefficient (Wildman–Crippen LogP) is 5.85. The number of carbonyl (C=O) groups excluding carboxylic acids is 2. The van der Waals surface area contributed by atoms with Crippen LogP contribution in [0.2, 0.25) is 0 Å². The molecular formula is C33H39N3O3. The molecule has 0 spiro atoms. The number of fused-ring (bicyclic) bond motifs is 1. The van der Waals surface area contributed by atoms with Crippen LogP contribution in [0, 0.1) is 5.92 Å². The van der Waals surface area contributed by atoms with Crippen molar-refractivity contribution in [1.82, 2.24) is 14.4 Å². The smallest absolute Gasteiger partial charge is 0.254 e. The fraction of sp³-hybridized carbons (Fsp3) is 0.333. The summed E-state index contributed by atoms with van der Waals surface area (Å²) in [6.45, 7) is 6.88. The highest BCUT2D eigenvalue weighted by Crippen LogP contribution is 2.18. The number of nitrogens with zero attached hydrogens (tertiary/aromatic N) is 3. The SMILES string of the molecule is COCCN(Cc1cccn1Cc1ccccc1)C(=O)CN(CCC(C)C)C(=O)c1ccc2ccccc2c1. The Labute approximate surface area is 231 Å². The van der Waals surface area contributed by atoms with Gasteiger partial charge in [0, 0.05) is 44.2 Å². The topological polar surface area (TPSA) is 54.8 Å². The van der Waals surface area contributed by atoms with Crippen molar-refractivity contribution in [2.75, 3.05) is 33.4 Å². The summed E-state index contributed by atoms with van der Waals surface area (Å²) in [5, 5.41) is 2.10. The lowest BCUT2D eigenvalue weighted by atomic mass is 10.1. The third kappa shape index (κ3) is 7.80. The van der Waals surface area contributed by atoms with Gasteiger partial charge in [-0.25, -0.2) is 0 Å². The number of amides is 2. The summed E-state index contributed by atoms with van der Waals surface area (Å²) in [4.78, 5) is 30.9. The summed E-state index contributed by atoms with van der Waals surface area (Å²) < 4.78 is 7.49. The monoisotopic (exact) mass is 525 g/mol. The number of benzene rings is 3. The van der Waals surface area contributed by atoms with Crippen LogP contribution in [0.5, 0.6) is 0 Å². The minimum Gasteiger partial charge on any atom is -0.383 e. The number of hydrogen-bond acceptors (Lipinski definition) is 3. The van der Waals surface area contributed by atoms with Gasteiger partial charge in [0.1, 0.15) is 6.54 Å². The first-order valence-electron chi connectivity index (χ1n) is 13.7. The van der Waals surface area contributed by atoms with Gasteiger partial charge in [-0.2, -0.15) is 0 Å². The van der Waals surface area contributed by atoms with E-state index in [0.717, 1.165) is 29.4 Å². The zero-order valence-corrected chi connectivity index (χ0v) is 23.3. The lowest BCUT2D eigenvalue weighted by Crippen LogP contribution is -2.44. The number of methoxy groups -OCH3 is 1. The van der Waals surface area contributed by atoms with E-state index in [4.69, 9.17) is 4.74 Å². The van der Waals surface area contributed by atoms with Gasteiger partial charge in [-0.15, -0.1) is 0 Å². The third-order valence-corrected chi connectivity index (χ3v) is 6.98. The van der Waals surface area contributed by atoms with Gasteiger partial charge < -0.3 is 19.1 Å². The Morgan fingerprint density at radius 1 is 0.846 bits per heavy atom. The van der Waals surface area contributed by atoms with Gasteiger partial charge >= 0.3 is 0 Å². The van der Waals surface area contributed by atoms with E-state index >= 15 is 0 Å². The molecule has 204 valence electrons. The van der Waals surface area contributed by atoms with E-state index in [9.17, 15) is 9.59 Å². The van der Waals surface area contributed by atoms with E-state index in [0.29, 0.717) is 37.7 Å². The van der Waals surface area contributed by atoms with Crippen LogP contribution < -0.4 is 0 Å². The highest BCUT2D eigenvalue weighted by Gasteiger charge is 2.23. The van der Waals surface area contributed by atoms with E-state index in [1.54, 1.807) is 16.9 Å². The van der Waals surface area contributed by atoms with E-state index < -0.39 is 0 Å². The summed E-state index contributed by atoms with van der Waals surface area (Å²) in [7, 11) is 1.64. The molecule has 1 aromatic heterocycles. The maximum atomic E-state index is 13.7. The number of ether oxygens (including phenoxy) is 1. The summed E-state index contributed by atoms with van der Waals surface area (Å²) >= 11 is 0.